The number of amides is 2. The number of piperidine rings is 1. The maximum atomic E-state index is 15.2. The summed E-state index contributed by atoms with van der Waals surface area (Å²) >= 11 is 0. The van der Waals surface area contributed by atoms with Crippen LogP contribution in [0.1, 0.15) is 44.2 Å². The molecule has 2 heterocycles. The summed E-state index contributed by atoms with van der Waals surface area (Å²) in [4.78, 5) is 29.3. The van der Waals surface area contributed by atoms with Crippen LogP contribution in [-0.2, 0) is 19.9 Å². The Hall–Kier alpha value is -3.04. The second-order valence-electron chi connectivity index (χ2n) is 11.3. The number of carboxylic acid groups (broad SMARTS) is 1. The zero-order chi connectivity index (χ0) is 27.8. The van der Waals surface area contributed by atoms with Gasteiger partial charge in [-0.1, -0.05) is 57.2 Å². The van der Waals surface area contributed by atoms with Crippen molar-refractivity contribution in [2.24, 2.45) is 11.3 Å². The third-order valence-electron chi connectivity index (χ3n) is 8.16. The predicted molar refractivity (Wildman–Crippen MR) is 138 cm³/mol. The Morgan fingerprint density at radius 2 is 1.74 bits per heavy atom. The molecule has 5 atom stereocenters. The highest BCUT2D eigenvalue weighted by Crippen LogP contribution is 2.48. The molecule has 4 rings (SSSR count). The number of benzene rings is 2. The highest BCUT2D eigenvalue weighted by Gasteiger charge is 2.55. The Morgan fingerprint density at radius 3 is 2.29 bits per heavy atom. The molecule has 0 bridgehead atoms. The fourth-order valence-corrected chi connectivity index (χ4v) is 6.45. The molecule has 2 amide bonds. The Kier molecular flexibility index (Phi) is 7.81. The minimum absolute atomic E-state index is 0.0835. The van der Waals surface area contributed by atoms with E-state index in [9.17, 15) is 19.1 Å². The first-order valence-electron chi connectivity index (χ1n) is 12.8. The predicted octanol–water partition coefficient (Wildman–Crippen LogP) is 4.86. The minimum Gasteiger partial charge on any atom is -0.465 e. The number of hydrogen-bond acceptors (Lipinski definition) is 4. The van der Waals surface area contributed by atoms with Gasteiger partial charge in [0.05, 0.1) is 12.5 Å². The first-order chi connectivity index (χ1) is 17.9. The van der Waals surface area contributed by atoms with Crippen LogP contribution in [0.5, 0.6) is 0 Å². The fraction of sp³-hybridized carbons (Fsp3) is 0.517. The third kappa shape index (κ3) is 4.89. The molecule has 1 unspecified atom stereocenters. The van der Waals surface area contributed by atoms with E-state index in [1.54, 1.807) is 19.1 Å². The van der Waals surface area contributed by atoms with Gasteiger partial charge in [0.25, 0.3) is 0 Å². The maximum absolute atomic E-state index is 15.2. The van der Waals surface area contributed by atoms with Gasteiger partial charge in [-0.2, -0.15) is 0 Å². The number of ether oxygens (including phenoxy) is 2. The van der Waals surface area contributed by atoms with Gasteiger partial charge in [-0.15, -0.1) is 0 Å². The molecule has 7 nitrogen and oxygen atoms in total. The van der Waals surface area contributed by atoms with Gasteiger partial charge in [-0.25, -0.2) is 13.6 Å². The van der Waals surface area contributed by atoms with E-state index in [0.717, 1.165) is 17.7 Å². The SMILES string of the molecule is CO[C@H]1CN(C(=O)[C@@H]2CN(C(=O)O)C(C(C)(C)C)[C@H]2c2ccc(F)cc2F)CC[C@]1(OC)c1ccccc1. The number of carbonyl (C=O) groups excluding carboxylic acids is 1. The van der Waals surface area contributed by atoms with Crippen LogP contribution >= 0.6 is 0 Å². The van der Waals surface area contributed by atoms with Crippen molar-refractivity contribution in [1.29, 1.82) is 0 Å². The number of halogens is 2. The van der Waals surface area contributed by atoms with Crippen molar-refractivity contribution >= 4 is 12.0 Å². The molecule has 0 aliphatic carbocycles. The number of rotatable bonds is 5. The normalized spacial score (nSPS) is 28.0. The fourth-order valence-electron chi connectivity index (χ4n) is 6.45. The third-order valence-corrected chi connectivity index (χ3v) is 8.16. The molecule has 2 aliphatic heterocycles. The molecule has 0 radical (unpaired) electrons. The van der Waals surface area contributed by atoms with E-state index in [-0.39, 0.29) is 24.6 Å². The summed E-state index contributed by atoms with van der Waals surface area (Å²) in [5.74, 6) is -3.44. The molecule has 2 aromatic carbocycles. The van der Waals surface area contributed by atoms with Crippen LogP contribution in [0.4, 0.5) is 13.6 Å². The number of likely N-dealkylation sites (tertiary alicyclic amines) is 2. The molecule has 0 spiro atoms. The number of carbonyl (C=O) groups is 2. The molecule has 2 aromatic rings. The van der Waals surface area contributed by atoms with Gasteiger partial charge in [0, 0.05) is 51.8 Å². The van der Waals surface area contributed by atoms with Gasteiger partial charge in [0.15, 0.2) is 0 Å². The molecular formula is C29H36F2N2O5. The highest BCUT2D eigenvalue weighted by molar-refractivity contribution is 5.82. The number of methoxy groups -OCH3 is 2. The molecular weight excluding hydrogens is 494 g/mol. The van der Waals surface area contributed by atoms with Crippen LogP contribution < -0.4 is 0 Å². The standard InChI is InChI=1S/C29H36F2N2O5/c1-28(2,3)25-24(20-12-11-19(30)15-22(20)31)21(16-33(25)27(35)36)26(34)32-14-13-29(38-5,23(17-32)37-4)18-9-7-6-8-10-18/h6-12,15,21,23-25H,13-14,16-17H2,1-5H3,(H,35,36)/t21-,23+,24+,25?,29+/m1/s1. The lowest BCUT2D eigenvalue weighted by atomic mass is 9.72. The molecule has 9 heteroatoms. The molecule has 2 aliphatic rings. The molecule has 38 heavy (non-hydrogen) atoms. The van der Waals surface area contributed by atoms with E-state index in [1.165, 1.54) is 11.0 Å². The van der Waals surface area contributed by atoms with Crippen molar-refractivity contribution in [3.05, 3.63) is 71.3 Å². The van der Waals surface area contributed by atoms with Crippen molar-refractivity contribution in [3.63, 3.8) is 0 Å². The van der Waals surface area contributed by atoms with E-state index in [0.29, 0.717) is 13.0 Å². The second-order valence-corrected chi connectivity index (χ2v) is 11.3. The lowest BCUT2D eigenvalue weighted by Gasteiger charge is -2.47. The maximum Gasteiger partial charge on any atom is 0.407 e. The zero-order valence-electron chi connectivity index (χ0n) is 22.5. The van der Waals surface area contributed by atoms with Crippen LogP contribution in [0.3, 0.4) is 0 Å². The van der Waals surface area contributed by atoms with E-state index in [4.69, 9.17) is 9.47 Å². The largest absolute Gasteiger partial charge is 0.465 e. The summed E-state index contributed by atoms with van der Waals surface area (Å²) in [6.45, 7) is 6.08. The lowest BCUT2D eigenvalue weighted by molar-refractivity contribution is -0.170. The van der Waals surface area contributed by atoms with Gasteiger partial charge >= 0.3 is 6.09 Å². The van der Waals surface area contributed by atoms with Crippen LogP contribution in [0.25, 0.3) is 0 Å². The summed E-state index contributed by atoms with van der Waals surface area (Å²) in [7, 11) is 3.20. The quantitative estimate of drug-likeness (QED) is 0.597. The first kappa shape index (κ1) is 28.0. The Labute approximate surface area is 222 Å². The second kappa shape index (κ2) is 10.6. The van der Waals surface area contributed by atoms with Gasteiger partial charge < -0.3 is 24.4 Å². The van der Waals surface area contributed by atoms with Gasteiger partial charge in [0.1, 0.15) is 23.3 Å². The first-order valence-corrected chi connectivity index (χ1v) is 12.8. The molecule has 2 saturated heterocycles. The van der Waals surface area contributed by atoms with Crippen LogP contribution in [-0.4, -0.2) is 72.9 Å². The van der Waals surface area contributed by atoms with Gasteiger partial charge in [0.2, 0.25) is 5.91 Å². The van der Waals surface area contributed by atoms with E-state index in [1.807, 2.05) is 51.1 Å². The molecule has 1 N–H and O–H groups in total. The van der Waals surface area contributed by atoms with Crippen LogP contribution in [0, 0.1) is 23.0 Å². The van der Waals surface area contributed by atoms with E-state index < -0.39 is 52.7 Å². The van der Waals surface area contributed by atoms with E-state index >= 15 is 4.39 Å². The Bertz CT molecular complexity index is 1170. The van der Waals surface area contributed by atoms with Gasteiger partial charge in [-0.3, -0.25) is 4.79 Å². The summed E-state index contributed by atoms with van der Waals surface area (Å²) < 4.78 is 40.8. The average molecular weight is 531 g/mol. The van der Waals surface area contributed by atoms with Crippen molar-refractivity contribution in [3.8, 4) is 0 Å². The molecule has 206 valence electrons. The topological polar surface area (TPSA) is 79.3 Å². The Morgan fingerprint density at radius 1 is 1.05 bits per heavy atom. The van der Waals surface area contributed by atoms with Crippen molar-refractivity contribution < 1.29 is 33.0 Å². The monoisotopic (exact) mass is 530 g/mol. The highest BCUT2D eigenvalue weighted by atomic mass is 19.1. The van der Waals surface area contributed by atoms with Crippen LogP contribution in [0.15, 0.2) is 48.5 Å². The number of hydrogen-bond donors (Lipinski definition) is 1. The average Bonchev–Trinajstić information content (AvgIpc) is 3.30. The smallest absolute Gasteiger partial charge is 0.407 e. The molecule has 0 aromatic heterocycles. The Balaban J connectivity index is 1.71. The summed E-state index contributed by atoms with van der Waals surface area (Å²) in [5, 5.41) is 10.1. The van der Waals surface area contributed by atoms with Crippen molar-refractivity contribution in [2.75, 3.05) is 33.9 Å². The molecule has 0 saturated carbocycles. The summed E-state index contributed by atoms with van der Waals surface area (Å²) in [5.41, 5.74) is -0.289. The minimum atomic E-state index is -1.18. The number of nitrogens with zero attached hydrogens (tertiary/aromatic N) is 2. The lowest BCUT2D eigenvalue weighted by Crippen LogP contribution is -2.57. The molecule has 2 fully saturated rings. The van der Waals surface area contributed by atoms with Crippen molar-refractivity contribution in [2.45, 2.75) is 50.9 Å². The van der Waals surface area contributed by atoms with Crippen molar-refractivity contribution in [1.82, 2.24) is 9.80 Å². The zero-order valence-corrected chi connectivity index (χ0v) is 22.5. The summed E-state index contributed by atoms with van der Waals surface area (Å²) in [6, 6.07) is 12.3. The van der Waals surface area contributed by atoms with Gasteiger partial charge in [-0.05, 0) is 22.6 Å². The van der Waals surface area contributed by atoms with E-state index in [2.05, 4.69) is 0 Å². The summed E-state index contributed by atoms with van der Waals surface area (Å²) in [6.07, 6.45) is -1.20. The van der Waals surface area contributed by atoms with Crippen LogP contribution in [0.2, 0.25) is 0 Å².